The van der Waals surface area contributed by atoms with Crippen molar-refractivity contribution >= 4 is 17.6 Å². The van der Waals surface area contributed by atoms with E-state index in [1.807, 2.05) is 0 Å². The molecule has 0 aromatic carbocycles. The molecule has 21 heavy (non-hydrogen) atoms. The zero-order valence-corrected chi connectivity index (χ0v) is 12.1. The van der Waals surface area contributed by atoms with Crippen LogP contribution in [0.4, 0.5) is 10.6 Å². The molecule has 0 spiro atoms. The van der Waals surface area contributed by atoms with Crippen molar-refractivity contribution in [2.24, 2.45) is 0 Å². The van der Waals surface area contributed by atoms with Crippen molar-refractivity contribution in [3.8, 4) is 0 Å². The number of fused-ring (bicyclic) bond motifs is 1. The van der Waals surface area contributed by atoms with Gasteiger partial charge in [-0.25, -0.2) is 24.1 Å². The van der Waals surface area contributed by atoms with Gasteiger partial charge < -0.3 is 15.4 Å². The van der Waals surface area contributed by atoms with Crippen LogP contribution in [-0.4, -0.2) is 44.4 Å². The minimum Gasteiger partial charge on any atom is -0.444 e. The first-order valence-corrected chi connectivity index (χ1v) is 6.49. The number of nitrogens with zero attached hydrogens (tertiary/aromatic N) is 3. The van der Waals surface area contributed by atoms with Crippen LogP contribution in [0.25, 0.3) is 5.65 Å². The second kappa shape index (κ2) is 5.81. The van der Waals surface area contributed by atoms with E-state index >= 15 is 0 Å². The summed E-state index contributed by atoms with van der Waals surface area (Å²) in [6, 6.07) is 1.63. The fraction of sp³-hybridized carbons (Fsp3) is 0.500. The molecule has 2 rings (SSSR count). The van der Waals surface area contributed by atoms with E-state index in [0.717, 1.165) is 0 Å². The highest BCUT2D eigenvalue weighted by Crippen LogP contribution is 2.06. The average molecular weight is 294 g/mol. The lowest BCUT2D eigenvalue weighted by Gasteiger charge is -2.19. The summed E-state index contributed by atoms with van der Waals surface area (Å²) < 4.78 is 6.40. The van der Waals surface area contributed by atoms with E-state index in [9.17, 15) is 9.59 Å². The van der Waals surface area contributed by atoms with Crippen molar-refractivity contribution in [1.82, 2.24) is 24.9 Å². The second-order valence-corrected chi connectivity index (χ2v) is 5.39. The molecule has 2 aromatic heterocycles. The summed E-state index contributed by atoms with van der Waals surface area (Å²) >= 11 is 0. The van der Waals surface area contributed by atoms with Gasteiger partial charge in [-0.15, -0.1) is 0 Å². The molecule has 0 unspecified atom stereocenters. The van der Waals surface area contributed by atoms with E-state index < -0.39 is 11.7 Å². The predicted molar refractivity (Wildman–Crippen MR) is 76.3 cm³/mol. The highest BCUT2D eigenvalue weighted by Gasteiger charge is 2.15. The molecule has 2 aromatic rings. The molecule has 9 heteroatoms. The third-order valence-corrected chi connectivity index (χ3v) is 2.41. The molecule has 0 aliphatic carbocycles. The standard InChI is InChI=1S/C12H18N6O3/c1-12(2,3)21-11(20)14-5-4-13-8-6-9-16-17-10(19)18(9)7-15-8/h6-7,13H,4-5H2,1-3H3,(H,14,20)(H,17,19). The van der Waals surface area contributed by atoms with Gasteiger partial charge in [0, 0.05) is 19.2 Å². The summed E-state index contributed by atoms with van der Waals surface area (Å²) in [6.45, 7) is 6.26. The SMILES string of the molecule is CC(C)(C)OC(=O)NCCNc1cc2n[nH]c(=O)n2cn1. The van der Waals surface area contributed by atoms with Crippen LogP contribution >= 0.6 is 0 Å². The van der Waals surface area contributed by atoms with Crippen LogP contribution in [0, 0.1) is 0 Å². The number of aromatic amines is 1. The van der Waals surface area contributed by atoms with Crippen molar-refractivity contribution in [1.29, 1.82) is 0 Å². The first-order valence-electron chi connectivity index (χ1n) is 6.49. The average Bonchev–Trinajstić information content (AvgIpc) is 2.74. The first kappa shape index (κ1) is 14.8. The van der Waals surface area contributed by atoms with E-state index in [0.29, 0.717) is 24.6 Å². The lowest BCUT2D eigenvalue weighted by atomic mass is 10.2. The van der Waals surface area contributed by atoms with Gasteiger partial charge in [0.25, 0.3) is 0 Å². The Hall–Kier alpha value is -2.58. The zero-order valence-electron chi connectivity index (χ0n) is 12.1. The number of anilines is 1. The minimum atomic E-state index is -0.517. The third kappa shape index (κ3) is 4.20. The molecular formula is C12H18N6O3. The fourth-order valence-electron chi connectivity index (χ4n) is 1.58. The van der Waals surface area contributed by atoms with Crippen LogP contribution in [0.2, 0.25) is 0 Å². The molecule has 0 atom stereocenters. The third-order valence-electron chi connectivity index (χ3n) is 2.41. The van der Waals surface area contributed by atoms with Crippen molar-refractivity contribution in [2.45, 2.75) is 26.4 Å². The number of alkyl carbamates (subject to hydrolysis) is 1. The number of nitrogens with one attached hydrogen (secondary N) is 3. The molecule has 0 radical (unpaired) electrons. The highest BCUT2D eigenvalue weighted by molar-refractivity contribution is 5.67. The normalized spacial score (nSPS) is 11.4. The van der Waals surface area contributed by atoms with Crippen LogP contribution in [0.5, 0.6) is 0 Å². The predicted octanol–water partition coefficient (Wildman–Crippen LogP) is 0.354. The number of rotatable bonds is 4. The number of amides is 1. The van der Waals surface area contributed by atoms with Gasteiger partial charge in [0.15, 0.2) is 5.65 Å². The summed E-state index contributed by atoms with van der Waals surface area (Å²) in [5.41, 5.74) is -0.384. The number of hydrogen-bond acceptors (Lipinski definition) is 6. The Morgan fingerprint density at radius 3 is 2.90 bits per heavy atom. The fourth-order valence-corrected chi connectivity index (χ4v) is 1.58. The second-order valence-electron chi connectivity index (χ2n) is 5.39. The van der Waals surface area contributed by atoms with Crippen molar-refractivity contribution in [2.75, 3.05) is 18.4 Å². The van der Waals surface area contributed by atoms with Gasteiger partial charge in [-0.2, -0.15) is 5.10 Å². The molecular weight excluding hydrogens is 276 g/mol. The maximum atomic E-state index is 11.4. The highest BCUT2D eigenvalue weighted by atomic mass is 16.6. The van der Waals surface area contributed by atoms with E-state index in [4.69, 9.17) is 4.74 Å². The molecule has 0 saturated heterocycles. The molecule has 0 saturated carbocycles. The Bertz CT molecular complexity index is 684. The molecule has 0 bridgehead atoms. The van der Waals surface area contributed by atoms with Crippen LogP contribution in [0.15, 0.2) is 17.2 Å². The smallest absolute Gasteiger partial charge is 0.407 e. The lowest BCUT2D eigenvalue weighted by molar-refractivity contribution is 0.0530. The Balaban J connectivity index is 1.80. The number of ether oxygens (including phenoxy) is 1. The maximum Gasteiger partial charge on any atom is 0.407 e. The van der Waals surface area contributed by atoms with Gasteiger partial charge >= 0.3 is 11.8 Å². The van der Waals surface area contributed by atoms with Gasteiger partial charge in [0.05, 0.1) is 0 Å². The van der Waals surface area contributed by atoms with Crippen LogP contribution < -0.4 is 16.3 Å². The number of carbonyl (C=O) groups is 1. The van der Waals surface area contributed by atoms with E-state index in [2.05, 4.69) is 25.8 Å². The monoisotopic (exact) mass is 294 g/mol. The van der Waals surface area contributed by atoms with Crippen molar-refractivity contribution < 1.29 is 9.53 Å². The van der Waals surface area contributed by atoms with E-state index in [1.54, 1.807) is 26.8 Å². The van der Waals surface area contributed by atoms with Gasteiger partial charge in [0.2, 0.25) is 0 Å². The summed E-state index contributed by atoms with van der Waals surface area (Å²) in [6.07, 6.45) is 0.914. The van der Waals surface area contributed by atoms with Crippen molar-refractivity contribution in [3.05, 3.63) is 22.9 Å². The number of carbonyl (C=O) groups excluding carboxylic acids is 1. The molecule has 2 heterocycles. The molecule has 1 amide bonds. The van der Waals surface area contributed by atoms with Gasteiger partial charge in [-0.3, -0.25) is 0 Å². The molecule has 0 aliphatic heterocycles. The van der Waals surface area contributed by atoms with E-state index in [1.165, 1.54) is 10.7 Å². The van der Waals surface area contributed by atoms with Crippen molar-refractivity contribution in [3.63, 3.8) is 0 Å². The molecule has 0 aliphatic rings. The Kier molecular flexibility index (Phi) is 4.10. The van der Waals surface area contributed by atoms with E-state index in [-0.39, 0.29) is 5.69 Å². The topological polar surface area (TPSA) is 113 Å². The number of hydrogen-bond donors (Lipinski definition) is 3. The molecule has 9 nitrogen and oxygen atoms in total. The number of aromatic nitrogens is 4. The minimum absolute atomic E-state index is 0.337. The largest absolute Gasteiger partial charge is 0.444 e. The molecule has 114 valence electrons. The van der Waals surface area contributed by atoms with Gasteiger partial charge in [0.1, 0.15) is 17.7 Å². The zero-order chi connectivity index (χ0) is 15.5. The Labute approximate surface area is 120 Å². The summed E-state index contributed by atoms with van der Waals surface area (Å²) in [5, 5.41) is 11.8. The summed E-state index contributed by atoms with van der Waals surface area (Å²) in [5.74, 6) is 0.562. The van der Waals surface area contributed by atoms with Crippen LogP contribution in [0.1, 0.15) is 20.8 Å². The lowest BCUT2D eigenvalue weighted by Crippen LogP contribution is -2.35. The van der Waals surface area contributed by atoms with Crippen LogP contribution in [0.3, 0.4) is 0 Å². The summed E-state index contributed by atoms with van der Waals surface area (Å²) in [4.78, 5) is 26.7. The maximum absolute atomic E-state index is 11.4. The molecule has 3 N–H and O–H groups in total. The van der Waals surface area contributed by atoms with Gasteiger partial charge in [-0.05, 0) is 20.8 Å². The summed E-state index contributed by atoms with van der Waals surface area (Å²) in [7, 11) is 0. The Morgan fingerprint density at radius 2 is 2.19 bits per heavy atom. The molecule has 0 fully saturated rings. The van der Waals surface area contributed by atoms with Gasteiger partial charge in [-0.1, -0.05) is 0 Å². The first-order chi connectivity index (χ1) is 9.85. The Morgan fingerprint density at radius 1 is 1.43 bits per heavy atom. The number of H-pyrrole nitrogens is 1. The van der Waals surface area contributed by atoms with Crippen LogP contribution in [-0.2, 0) is 4.74 Å². The quantitative estimate of drug-likeness (QED) is 0.701.